The number of halogens is 1. The second kappa shape index (κ2) is 2.14. The van der Waals surface area contributed by atoms with Gasteiger partial charge in [0, 0.05) is 5.56 Å². The molecular formula is C8H5FN2O. The highest BCUT2D eigenvalue weighted by atomic mass is 19.1. The van der Waals surface area contributed by atoms with E-state index in [1.807, 2.05) is 0 Å². The number of benzene rings is 1. The number of hydrogen-bond acceptors (Lipinski definition) is 2. The van der Waals surface area contributed by atoms with Gasteiger partial charge >= 0.3 is 0 Å². The van der Waals surface area contributed by atoms with Crippen LogP contribution in [0.5, 0.6) is 0 Å². The van der Waals surface area contributed by atoms with E-state index < -0.39 is 11.7 Å². The second-order valence-corrected chi connectivity index (χ2v) is 2.52. The Morgan fingerprint density at radius 2 is 2.17 bits per heavy atom. The monoisotopic (exact) mass is 164 g/mol. The maximum atomic E-state index is 12.6. The molecule has 0 unspecified atom stereocenters. The van der Waals surface area contributed by atoms with Crippen molar-refractivity contribution in [2.24, 2.45) is 0 Å². The molecule has 0 bridgehead atoms. The summed E-state index contributed by atoms with van der Waals surface area (Å²) in [6, 6.07) is 3.87. The summed E-state index contributed by atoms with van der Waals surface area (Å²) in [6.07, 6.45) is 0. The Hall–Kier alpha value is -1.71. The third-order valence-corrected chi connectivity index (χ3v) is 1.73. The van der Waals surface area contributed by atoms with E-state index in [4.69, 9.17) is 5.41 Å². The third-order valence-electron chi connectivity index (χ3n) is 1.73. The zero-order valence-corrected chi connectivity index (χ0v) is 6.02. The number of hydrogen-bond donors (Lipinski definition) is 2. The lowest BCUT2D eigenvalue weighted by Crippen LogP contribution is -2.12. The fraction of sp³-hybridized carbons (Fsp3) is 0. The third kappa shape index (κ3) is 0.812. The lowest BCUT2D eigenvalue weighted by molar-refractivity contribution is -0.110. The SMILES string of the molecule is N=C1C(=O)Nc2ccc(F)cc21. The number of carbonyl (C=O) groups excluding carboxylic acids is 1. The van der Waals surface area contributed by atoms with Crippen LogP contribution in [0.15, 0.2) is 18.2 Å². The van der Waals surface area contributed by atoms with Gasteiger partial charge in [-0.3, -0.25) is 10.2 Å². The molecule has 0 aliphatic carbocycles. The zero-order chi connectivity index (χ0) is 8.72. The van der Waals surface area contributed by atoms with Crippen molar-refractivity contribution in [3.63, 3.8) is 0 Å². The molecule has 1 heterocycles. The van der Waals surface area contributed by atoms with Crippen molar-refractivity contribution < 1.29 is 9.18 Å². The summed E-state index contributed by atoms with van der Waals surface area (Å²) in [5.74, 6) is -0.911. The van der Waals surface area contributed by atoms with Crippen molar-refractivity contribution >= 4 is 17.3 Å². The predicted octanol–water partition coefficient (Wildman–Crippen LogP) is 1.15. The van der Waals surface area contributed by atoms with Gasteiger partial charge in [-0.05, 0) is 18.2 Å². The van der Waals surface area contributed by atoms with Crippen molar-refractivity contribution in [2.75, 3.05) is 5.32 Å². The van der Waals surface area contributed by atoms with Crippen molar-refractivity contribution in [1.82, 2.24) is 0 Å². The summed E-state index contributed by atoms with van der Waals surface area (Å²) in [4.78, 5) is 10.9. The van der Waals surface area contributed by atoms with Crippen molar-refractivity contribution in [3.05, 3.63) is 29.6 Å². The van der Waals surface area contributed by atoms with Crippen LogP contribution in [0.25, 0.3) is 0 Å². The van der Waals surface area contributed by atoms with Crippen molar-refractivity contribution in [1.29, 1.82) is 5.41 Å². The van der Waals surface area contributed by atoms with Crippen LogP contribution in [0, 0.1) is 11.2 Å². The second-order valence-electron chi connectivity index (χ2n) is 2.52. The van der Waals surface area contributed by atoms with Crippen LogP contribution in [0.2, 0.25) is 0 Å². The first-order valence-electron chi connectivity index (χ1n) is 3.38. The van der Waals surface area contributed by atoms with E-state index in [0.29, 0.717) is 11.3 Å². The quantitative estimate of drug-likeness (QED) is 0.593. The molecular weight excluding hydrogens is 159 g/mol. The summed E-state index contributed by atoms with van der Waals surface area (Å²) >= 11 is 0. The highest BCUT2D eigenvalue weighted by Crippen LogP contribution is 2.22. The smallest absolute Gasteiger partial charge is 0.274 e. The minimum absolute atomic E-state index is 0.176. The van der Waals surface area contributed by atoms with Gasteiger partial charge < -0.3 is 5.32 Å². The lowest BCUT2D eigenvalue weighted by Gasteiger charge is -1.94. The minimum atomic E-state index is -0.476. The number of nitrogens with one attached hydrogen (secondary N) is 2. The van der Waals surface area contributed by atoms with Crippen molar-refractivity contribution in [2.45, 2.75) is 0 Å². The van der Waals surface area contributed by atoms with Gasteiger partial charge in [-0.25, -0.2) is 4.39 Å². The molecule has 0 atom stereocenters. The fourth-order valence-electron chi connectivity index (χ4n) is 1.14. The lowest BCUT2D eigenvalue weighted by atomic mass is 10.1. The number of amides is 1. The first-order valence-corrected chi connectivity index (χ1v) is 3.38. The molecule has 60 valence electrons. The number of rotatable bonds is 0. The normalized spacial score (nSPS) is 14.4. The summed E-state index contributed by atoms with van der Waals surface area (Å²) < 4.78 is 12.6. The predicted molar refractivity (Wildman–Crippen MR) is 41.9 cm³/mol. The van der Waals surface area contributed by atoms with Crippen LogP contribution in [0.1, 0.15) is 5.56 Å². The van der Waals surface area contributed by atoms with Crippen molar-refractivity contribution in [3.8, 4) is 0 Å². The van der Waals surface area contributed by atoms with Gasteiger partial charge in [0.05, 0.1) is 5.69 Å². The number of fused-ring (bicyclic) bond motifs is 1. The molecule has 1 aliphatic heterocycles. The molecule has 12 heavy (non-hydrogen) atoms. The summed E-state index contributed by atoms with van der Waals surface area (Å²) in [7, 11) is 0. The van der Waals surface area contributed by atoms with Crippen LogP contribution in [0.3, 0.4) is 0 Å². The topological polar surface area (TPSA) is 53.0 Å². The maximum Gasteiger partial charge on any atom is 0.274 e. The van der Waals surface area contributed by atoms with Crippen LogP contribution < -0.4 is 5.32 Å². The van der Waals surface area contributed by atoms with Gasteiger partial charge in [-0.15, -0.1) is 0 Å². The first-order chi connectivity index (χ1) is 5.68. The maximum absolute atomic E-state index is 12.6. The summed E-state index contributed by atoms with van der Waals surface area (Å²) in [6.45, 7) is 0. The Bertz CT molecular complexity index is 387. The van der Waals surface area contributed by atoms with Gasteiger partial charge in [0.1, 0.15) is 11.5 Å². The Morgan fingerprint density at radius 3 is 2.92 bits per heavy atom. The molecule has 4 heteroatoms. The van der Waals surface area contributed by atoms with Crippen LogP contribution in [-0.2, 0) is 4.79 Å². The Morgan fingerprint density at radius 1 is 1.42 bits per heavy atom. The van der Waals surface area contributed by atoms with E-state index >= 15 is 0 Å². The Balaban J connectivity index is 2.63. The molecule has 2 N–H and O–H groups in total. The van der Waals surface area contributed by atoms with E-state index in [0.717, 1.165) is 0 Å². The minimum Gasteiger partial charge on any atom is -0.320 e. The average molecular weight is 164 g/mol. The number of carbonyl (C=O) groups is 1. The largest absolute Gasteiger partial charge is 0.320 e. The molecule has 3 nitrogen and oxygen atoms in total. The Kier molecular flexibility index (Phi) is 1.24. The molecule has 1 amide bonds. The summed E-state index contributed by atoms with van der Waals surface area (Å²) in [5.41, 5.74) is 0.663. The van der Waals surface area contributed by atoms with E-state index in [1.54, 1.807) is 0 Å². The molecule has 0 saturated carbocycles. The van der Waals surface area contributed by atoms with Gasteiger partial charge in [0.2, 0.25) is 0 Å². The molecule has 2 rings (SSSR count). The first kappa shape index (κ1) is 6.97. The van der Waals surface area contributed by atoms with Gasteiger partial charge in [-0.1, -0.05) is 0 Å². The highest BCUT2D eigenvalue weighted by molar-refractivity contribution is 6.52. The van der Waals surface area contributed by atoms with E-state index in [1.165, 1.54) is 18.2 Å². The average Bonchev–Trinajstić information content (AvgIpc) is 2.31. The molecule has 1 aromatic carbocycles. The standard InChI is InChI=1S/C8H5FN2O/c9-4-1-2-6-5(3-4)7(10)8(12)11-6/h1-3H,(H2,10,11,12). The molecule has 1 aromatic rings. The molecule has 0 fully saturated rings. The summed E-state index contributed by atoms with van der Waals surface area (Å²) in [5, 5.41) is 9.70. The molecule has 0 saturated heterocycles. The van der Waals surface area contributed by atoms with Crippen LogP contribution in [0.4, 0.5) is 10.1 Å². The van der Waals surface area contributed by atoms with Gasteiger partial charge in [0.15, 0.2) is 0 Å². The van der Waals surface area contributed by atoms with E-state index in [9.17, 15) is 9.18 Å². The fourth-order valence-corrected chi connectivity index (χ4v) is 1.14. The molecule has 0 spiro atoms. The van der Waals surface area contributed by atoms with Gasteiger partial charge in [0.25, 0.3) is 5.91 Å². The molecule has 0 radical (unpaired) electrons. The molecule has 1 aliphatic rings. The molecule has 0 aromatic heterocycles. The zero-order valence-electron chi connectivity index (χ0n) is 6.02. The number of anilines is 1. The van der Waals surface area contributed by atoms with E-state index in [-0.39, 0.29) is 5.71 Å². The highest BCUT2D eigenvalue weighted by Gasteiger charge is 2.24. The van der Waals surface area contributed by atoms with Gasteiger partial charge in [-0.2, -0.15) is 0 Å². The Labute approximate surface area is 67.7 Å². The van der Waals surface area contributed by atoms with Crippen LogP contribution in [-0.4, -0.2) is 11.6 Å². The van der Waals surface area contributed by atoms with E-state index in [2.05, 4.69) is 5.32 Å². The van der Waals surface area contributed by atoms with Crippen LogP contribution >= 0.6 is 0 Å².